The number of esters is 1. The van der Waals surface area contributed by atoms with Crippen molar-refractivity contribution in [2.24, 2.45) is 35.5 Å². The predicted molar refractivity (Wildman–Crippen MR) is 283 cm³/mol. The number of allylic oxidation sites excluding steroid dienone is 6. The van der Waals surface area contributed by atoms with E-state index in [1.807, 2.05) is 51.2 Å². The van der Waals surface area contributed by atoms with Crippen molar-refractivity contribution >= 4 is 47.2 Å². The van der Waals surface area contributed by atoms with Gasteiger partial charge >= 0.3 is 18.0 Å². The van der Waals surface area contributed by atoms with Crippen LogP contribution in [0.4, 0.5) is 4.79 Å². The van der Waals surface area contributed by atoms with E-state index in [4.69, 9.17) is 33.5 Å². The number of methoxy groups -OCH3 is 3. The van der Waals surface area contributed by atoms with E-state index >= 15 is 0 Å². The maximum absolute atomic E-state index is 14.6. The number of hydrogen-bond acceptors (Lipinski definition) is 16. The van der Waals surface area contributed by atoms with Crippen LogP contribution in [0.25, 0.3) is 0 Å². The lowest BCUT2D eigenvalue weighted by molar-refractivity contribution is -0.265. The van der Waals surface area contributed by atoms with Gasteiger partial charge in [0.2, 0.25) is 11.7 Å². The number of fused-ring (bicyclic) bond motifs is 3. The molecule has 3 heterocycles. The highest BCUT2D eigenvalue weighted by atomic mass is 16.6. The maximum atomic E-state index is 14.6. The molecule has 3 amide bonds. The number of amides is 3. The van der Waals surface area contributed by atoms with Gasteiger partial charge in [0.15, 0.2) is 5.78 Å². The van der Waals surface area contributed by atoms with Crippen molar-refractivity contribution in [3.63, 3.8) is 0 Å². The number of aliphatic hydroxyl groups is 2. The molecule has 9 unspecified atom stereocenters. The van der Waals surface area contributed by atoms with E-state index in [1.165, 1.54) is 21.3 Å². The van der Waals surface area contributed by atoms with Crippen LogP contribution in [0, 0.1) is 35.5 Å². The molecule has 4 aliphatic rings. The molecule has 0 aromatic rings. The number of carboxylic acids is 1. The van der Waals surface area contributed by atoms with E-state index < -0.39 is 127 Å². The number of nitrogens with zero attached hydrogens (tertiary/aromatic N) is 2. The van der Waals surface area contributed by atoms with E-state index in [0.29, 0.717) is 63.4 Å². The molecule has 0 radical (unpaired) electrons. The lowest BCUT2D eigenvalue weighted by Crippen LogP contribution is -2.61. The smallest absolute Gasteiger partial charge is 0.407 e. The Morgan fingerprint density at radius 3 is 2.26 bits per heavy atom. The number of aliphatic carboxylic acids is 1. The third kappa shape index (κ3) is 18.2. The normalized spacial score (nSPS) is 35.7. The Hall–Kier alpha value is -5.12. The highest BCUT2D eigenvalue weighted by molar-refractivity contribution is 6.39. The summed E-state index contributed by atoms with van der Waals surface area (Å²) >= 11 is 0. The Kier molecular flexibility index (Phi) is 25.3. The van der Waals surface area contributed by atoms with Crippen LogP contribution in [0.5, 0.6) is 0 Å². The molecule has 2 bridgehead atoms. The third-order valence-electron chi connectivity index (χ3n) is 15.9. The van der Waals surface area contributed by atoms with Crippen molar-refractivity contribution in [2.75, 3.05) is 48.0 Å². The minimum absolute atomic E-state index is 0.0181. The molecule has 4 N–H and O–H groups in total. The van der Waals surface area contributed by atoms with Crippen LogP contribution in [-0.4, -0.2) is 175 Å². The van der Waals surface area contributed by atoms with E-state index in [1.54, 1.807) is 40.9 Å². The topological polar surface area (TPSA) is 271 Å². The highest BCUT2D eigenvalue weighted by Gasteiger charge is 2.53. The van der Waals surface area contributed by atoms with Gasteiger partial charge in [-0.1, -0.05) is 71.1 Å². The second-order valence-electron chi connectivity index (χ2n) is 22.0. The van der Waals surface area contributed by atoms with Gasteiger partial charge in [0.05, 0.1) is 18.3 Å². The summed E-state index contributed by atoms with van der Waals surface area (Å²) in [5.41, 5.74) is 1.19. The monoisotopic (exact) mass is 1090 g/mol. The summed E-state index contributed by atoms with van der Waals surface area (Å²) in [6, 6.07) is -1.22. The molecule has 0 aromatic carbocycles. The van der Waals surface area contributed by atoms with Gasteiger partial charge in [-0.2, -0.15) is 0 Å². The fourth-order valence-electron chi connectivity index (χ4n) is 11.0. The Labute approximate surface area is 454 Å². The Bertz CT molecular complexity index is 2190. The number of carbonyl (C=O) groups excluding carboxylic acids is 7. The summed E-state index contributed by atoms with van der Waals surface area (Å²) in [7, 11) is 5.68. The number of carbonyl (C=O) groups is 8. The zero-order valence-electron chi connectivity index (χ0n) is 47.1. The van der Waals surface area contributed by atoms with Crippen molar-refractivity contribution in [3.8, 4) is 0 Å². The van der Waals surface area contributed by atoms with Crippen LogP contribution in [0.2, 0.25) is 0 Å². The molecule has 77 heavy (non-hydrogen) atoms. The molecule has 4 rings (SSSR count). The van der Waals surface area contributed by atoms with Crippen LogP contribution in [0.3, 0.4) is 0 Å². The second kappa shape index (κ2) is 30.3. The van der Waals surface area contributed by atoms with Gasteiger partial charge in [-0.15, -0.1) is 0 Å². The van der Waals surface area contributed by atoms with E-state index in [-0.39, 0.29) is 49.2 Å². The standard InChI is InChI=1S/C57H87N3O17/c1-33-17-13-12-14-18-34(2)45(72-9)29-41-22-20-39(7)57(71,77-41)53(67)54(68)60-24-16-15-19-42(60)55(69)75-46(30-43(61)35(3)26-38(6)51(66)52(74-11)50(65)37(5)25-33)36(4)27-40-21-23-44(47(28-40)73-10)76-56(70)58-31-48(62)59(8)32-49(63)64/h12-14,17-18,26,33,35-37,39-42,44-47,51-52,66,71H,15-16,19-25,27-32H2,1-11H3,(H,58,70)(H,63,64)/b14-12+,17-13-,34-18+,38-26+/t33?,35?,36?,37-,39-,40?,41?,42+,44-,45?,46?,47?,51-,52?,57-/m1/s1. The number of likely N-dealkylation sites (N-methyl/N-ethyl adjacent to an activating group) is 1. The molecule has 0 aromatic heterocycles. The first-order valence-corrected chi connectivity index (χ1v) is 27.2. The number of aliphatic hydroxyl groups excluding tert-OH is 1. The average molecular weight is 1090 g/mol. The van der Waals surface area contributed by atoms with Gasteiger partial charge in [-0.05, 0) is 107 Å². The van der Waals surface area contributed by atoms with Crippen LogP contribution >= 0.6 is 0 Å². The summed E-state index contributed by atoms with van der Waals surface area (Å²) in [6.45, 7) is 11.4. The number of hydrogen-bond donors (Lipinski definition) is 4. The molecule has 1 saturated carbocycles. The van der Waals surface area contributed by atoms with Gasteiger partial charge in [0.1, 0.15) is 49.3 Å². The molecule has 1 aliphatic carbocycles. The zero-order valence-corrected chi connectivity index (χ0v) is 47.1. The zero-order chi connectivity index (χ0) is 57.3. The van der Waals surface area contributed by atoms with Gasteiger partial charge in [-0.25, -0.2) is 9.59 Å². The first-order chi connectivity index (χ1) is 36.3. The third-order valence-corrected chi connectivity index (χ3v) is 15.9. The fourth-order valence-corrected chi connectivity index (χ4v) is 11.0. The van der Waals surface area contributed by atoms with E-state index in [9.17, 15) is 48.6 Å². The lowest BCUT2D eigenvalue weighted by atomic mass is 9.78. The average Bonchev–Trinajstić information content (AvgIpc) is 3.39. The van der Waals surface area contributed by atoms with Gasteiger partial charge < -0.3 is 58.9 Å². The minimum atomic E-state index is -2.48. The van der Waals surface area contributed by atoms with E-state index in [0.717, 1.165) is 15.4 Å². The predicted octanol–water partition coefficient (Wildman–Crippen LogP) is 5.46. The quantitative estimate of drug-likeness (QED) is 0.114. The number of ketones is 3. The molecular weight excluding hydrogens is 999 g/mol. The second-order valence-corrected chi connectivity index (χ2v) is 22.0. The summed E-state index contributed by atoms with van der Waals surface area (Å²) in [4.78, 5) is 110. The lowest BCUT2D eigenvalue weighted by Gasteiger charge is -2.42. The molecule has 432 valence electrons. The highest BCUT2D eigenvalue weighted by Crippen LogP contribution is 2.38. The van der Waals surface area contributed by atoms with Crippen LogP contribution in [0.15, 0.2) is 47.6 Å². The largest absolute Gasteiger partial charge is 0.480 e. The van der Waals surface area contributed by atoms with Crippen molar-refractivity contribution < 1.29 is 82.1 Å². The van der Waals surface area contributed by atoms with Crippen molar-refractivity contribution in [2.45, 2.75) is 180 Å². The number of piperidine rings is 1. The van der Waals surface area contributed by atoms with Crippen LogP contribution in [-0.2, 0) is 62.0 Å². The number of rotatable bonds is 11. The van der Waals surface area contributed by atoms with E-state index in [2.05, 4.69) is 5.32 Å². The Morgan fingerprint density at radius 2 is 1.60 bits per heavy atom. The van der Waals surface area contributed by atoms with Gasteiger partial charge in [0, 0.05) is 65.5 Å². The maximum Gasteiger partial charge on any atom is 0.407 e. The molecule has 3 fully saturated rings. The minimum Gasteiger partial charge on any atom is -0.480 e. The molecule has 0 spiro atoms. The number of ether oxygens (including phenoxy) is 6. The molecule has 15 atom stereocenters. The molecular formula is C57H87N3O17. The Balaban J connectivity index is 1.65. The number of nitrogens with one attached hydrogen (secondary N) is 1. The first-order valence-electron chi connectivity index (χ1n) is 27.2. The van der Waals surface area contributed by atoms with Crippen molar-refractivity contribution in [1.29, 1.82) is 0 Å². The van der Waals surface area contributed by atoms with Gasteiger partial charge in [-0.3, -0.25) is 28.8 Å². The fraction of sp³-hybridized carbons (Fsp3) is 0.719. The number of alkyl carbamates (subject to hydrolysis) is 1. The summed E-state index contributed by atoms with van der Waals surface area (Å²) in [5, 5.41) is 34.9. The number of Topliss-reactive ketones (excluding diaryl/α,β-unsaturated/α-hetero) is 3. The van der Waals surface area contributed by atoms with Crippen LogP contribution < -0.4 is 5.32 Å². The van der Waals surface area contributed by atoms with Crippen molar-refractivity contribution in [1.82, 2.24) is 15.1 Å². The molecule has 3 aliphatic heterocycles. The van der Waals surface area contributed by atoms with Crippen LogP contribution in [0.1, 0.15) is 126 Å². The molecule has 20 nitrogen and oxygen atoms in total. The first kappa shape index (κ1) is 64.4. The molecule has 2 saturated heterocycles. The summed E-state index contributed by atoms with van der Waals surface area (Å²) < 4.78 is 35.3. The Morgan fingerprint density at radius 1 is 0.883 bits per heavy atom. The van der Waals surface area contributed by atoms with Crippen molar-refractivity contribution in [3.05, 3.63) is 47.6 Å². The number of cyclic esters (lactones) is 1. The SMILES string of the molecule is COC1CC2CC[C@@H](C)[C@@](O)(O2)C(=O)C(=O)N2CCCC[C@H]2C(=O)OC(C(C)CC2CC[C@@H](OC(=O)NCC(=O)N(C)CC(=O)O)C(OC)C2)CC(=O)C(C)/C=C(\C)[C@@H](O)C(OC)C(=O)[C@H](C)CC(C)\C=C/C=C/C=C/1C. The summed E-state index contributed by atoms with van der Waals surface area (Å²) in [6.07, 6.45) is 8.41. The summed E-state index contributed by atoms with van der Waals surface area (Å²) in [5.74, 6) is -10.7. The molecule has 20 heteroatoms. The number of carboxylic acid groups (broad SMARTS) is 1. The van der Waals surface area contributed by atoms with Gasteiger partial charge in [0.25, 0.3) is 11.7 Å².